The molecule has 2 aliphatic rings. The van der Waals surface area contributed by atoms with Crippen molar-refractivity contribution in [2.24, 2.45) is 0 Å². The summed E-state index contributed by atoms with van der Waals surface area (Å²) in [5.41, 5.74) is 0.407. The van der Waals surface area contributed by atoms with E-state index in [-0.39, 0.29) is 29.2 Å². The molecular formula is C21H28N2O7S. The first-order valence-corrected chi connectivity index (χ1v) is 11.8. The Labute approximate surface area is 182 Å². The Bertz CT molecular complexity index is 930. The predicted molar refractivity (Wildman–Crippen MR) is 111 cm³/mol. The van der Waals surface area contributed by atoms with Crippen molar-refractivity contribution in [1.29, 1.82) is 0 Å². The van der Waals surface area contributed by atoms with Crippen molar-refractivity contribution in [3.63, 3.8) is 0 Å². The number of Topliss-reactive ketones (excluding diaryl/α,β-unsaturated/α-hetero) is 1. The van der Waals surface area contributed by atoms with Gasteiger partial charge in [-0.1, -0.05) is 12.1 Å². The van der Waals surface area contributed by atoms with Crippen molar-refractivity contribution in [2.75, 3.05) is 32.8 Å². The van der Waals surface area contributed by atoms with Crippen LogP contribution in [0, 0.1) is 0 Å². The molecular weight excluding hydrogens is 424 g/mol. The Balaban J connectivity index is 1.68. The zero-order valence-electron chi connectivity index (χ0n) is 17.8. The molecule has 2 heterocycles. The maximum atomic E-state index is 13.1. The van der Waals surface area contributed by atoms with Crippen molar-refractivity contribution < 1.29 is 32.3 Å². The molecule has 0 aromatic heterocycles. The van der Waals surface area contributed by atoms with Gasteiger partial charge in [-0.3, -0.25) is 14.4 Å². The fourth-order valence-corrected chi connectivity index (χ4v) is 5.44. The fourth-order valence-electron chi connectivity index (χ4n) is 3.79. The van der Waals surface area contributed by atoms with E-state index in [0.717, 1.165) is 4.31 Å². The average molecular weight is 453 g/mol. The van der Waals surface area contributed by atoms with Crippen LogP contribution in [0.15, 0.2) is 29.2 Å². The number of nitrogens with zero attached hydrogens (tertiary/aromatic N) is 2. The molecule has 1 amide bonds. The molecule has 0 spiro atoms. The second kappa shape index (κ2) is 9.88. The number of esters is 1. The minimum atomic E-state index is -3.96. The highest BCUT2D eigenvalue weighted by Gasteiger charge is 2.39. The van der Waals surface area contributed by atoms with Gasteiger partial charge >= 0.3 is 5.97 Å². The molecule has 2 fully saturated rings. The molecule has 31 heavy (non-hydrogen) atoms. The highest BCUT2D eigenvalue weighted by molar-refractivity contribution is 7.89. The Morgan fingerprint density at radius 2 is 1.84 bits per heavy atom. The van der Waals surface area contributed by atoms with Crippen molar-refractivity contribution in [3.8, 4) is 0 Å². The molecule has 0 N–H and O–H groups in total. The number of benzene rings is 1. The maximum Gasteiger partial charge on any atom is 0.324 e. The third-order valence-electron chi connectivity index (χ3n) is 5.52. The Morgan fingerprint density at radius 3 is 2.48 bits per heavy atom. The smallest absolute Gasteiger partial charge is 0.324 e. The summed E-state index contributed by atoms with van der Waals surface area (Å²) in [5.74, 6) is -1.21. The van der Waals surface area contributed by atoms with E-state index < -0.39 is 28.6 Å². The molecule has 3 rings (SSSR count). The fraction of sp³-hybridized carbons (Fsp3) is 0.571. The largest absolute Gasteiger partial charge is 0.454 e. The second-order valence-electron chi connectivity index (χ2n) is 7.84. The predicted octanol–water partition coefficient (Wildman–Crippen LogP) is 1.22. The molecule has 1 aromatic rings. The number of morpholine rings is 1. The number of ketones is 1. The Kier molecular flexibility index (Phi) is 7.45. The summed E-state index contributed by atoms with van der Waals surface area (Å²) >= 11 is 0. The number of piperidine rings is 1. The van der Waals surface area contributed by atoms with Crippen LogP contribution >= 0.6 is 0 Å². The number of hydrogen-bond acceptors (Lipinski definition) is 7. The normalized spacial score (nSPS) is 22.7. The lowest BCUT2D eigenvalue weighted by Crippen LogP contribution is -2.50. The van der Waals surface area contributed by atoms with E-state index in [2.05, 4.69) is 0 Å². The van der Waals surface area contributed by atoms with E-state index in [0.29, 0.717) is 44.5 Å². The lowest BCUT2D eigenvalue weighted by Gasteiger charge is -2.33. The van der Waals surface area contributed by atoms with Crippen LogP contribution in [0.5, 0.6) is 0 Å². The van der Waals surface area contributed by atoms with E-state index in [1.165, 1.54) is 31.2 Å². The van der Waals surface area contributed by atoms with Crippen LogP contribution in [-0.2, 0) is 29.1 Å². The van der Waals surface area contributed by atoms with Crippen molar-refractivity contribution in [2.45, 2.75) is 50.2 Å². The van der Waals surface area contributed by atoms with E-state index >= 15 is 0 Å². The van der Waals surface area contributed by atoms with E-state index in [4.69, 9.17) is 9.47 Å². The minimum absolute atomic E-state index is 0.00980. The van der Waals surface area contributed by atoms with Crippen molar-refractivity contribution >= 4 is 27.7 Å². The van der Waals surface area contributed by atoms with Gasteiger partial charge in [0.15, 0.2) is 12.4 Å². The molecule has 9 nitrogen and oxygen atoms in total. The molecule has 10 heteroatoms. The number of carbonyl (C=O) groups is 3. The highest BCUT2D eigenvalue weighted by Crippen LogP contribution is 2.26. The van der Waals surface area contributed by atoms with Crippen LogP contribution in [-0.4, -0.2) is 80.3 Å². The van der Waals surface area contributed by atoms with Gasteiger partial charge in [0.2, 0.25) is 10.0 Å². The summed E-state index contributed by atoms with van der Waals surface area (Å²) in [6.45, 7) is 4.31. The van der Waals surface area contributed by atoms with E-state index in [9.17, 15) is 22.8 Å². The average Bonchev–Trinajstić information content (AvgIpc) is 2.77. The highest BCUT2D eigenvalue weighted by atomic mass is 32.2. The summed E-state index contributed by atoms with van der Waals surface area (Å²) < 4.78 is 38.1. The first kappa shape index (κ1) is 23.4. The molecule has 2 atom stereocenters. The molecule has 1 aromatic carbocycles. The lowest BCUT2D eigenvalue weighted by atomic mass is 10.1. The van der Waals surface area contributed by atoms with Gasteiger partial charge < -0.3 is 14.4 Å². The molecule has 170 valence electrons. The van der Waals surface area contributed by atoms with Gasteiger partial charge in [0, 0.05) is 25.2 Å². The summed E-state index contributed by atoms with van der Waals surface area (Å²) in [4.78, 5) is 38.1. The molecule has 0 bridgehead atoms. The maximum absolute atomic E-state index is 13.1. The van der Waals surface area contributed by atoms with Crippen LogP contribution in [0.1, 0.15) is 43.5 Å². The minimum Gasteiger partial charge on any atom is -0.454 e. The zero-order chi connectivity index (χ0) is 22.6. The van der Waals surface area contributed by atoms with Gasteiger partial charge in [-0.15, -0.1) is 0 Å². The zero-order valence-corrected chi connectivity index (χ0v) is 18.6. The van der Waals surface area contributed by atoms with E-state index in [1.54, 1.807) is 4.90 Å². The molecule has 2 aliphatic heterocycles. The van der Waals surface area contributed by atoms with Crippen LogP contribution in [0.3, 0.4) is 0 Å². The molecule has 2 saturated heterocycles. The van der Waals surface area contributed by atoms with Gasteiger partial charge in [-0.25, -0.2) is 8.42 Å². The Morgan fingerprint density at radius 1 is 1.13 bits per heavy atom. The first-order valence-electron chi connectivity index (χ1n) is 10.4. The van der Waals surface area contributed by atoms with Crippen molar-refractivity contribution in [3.05, 3.63) is 29.8 Å². The van der Waals surface area contributed by atoms with Gasteiger partial charge in [0.05, 0.1) is 17.6 Å². The summed E-state index contributed by atoms with van der Waals surface area (Å²) in [6, 6.07) is 4.66. The van der Waals surface area contributed by atoms with Gasteiger partial charge in [-0.2, -0.15) is 4.31 Å². The monoisotopic (exact) mass is 452 g/mol. The van der Waals surface area contributed by atoms with Gasteiger partial charge in [-0.05, 0) is 45.2 Å². The number of sulfonamides is 1. The summed E-state index contributed by atoms with van der Waals surface area (Å²) in [6.07, 6.45) is 1.55. The topological polar surface area (TPSA) is 110 Å². The standard InChI is InChI=1S/C21H28N2O7S/c1-15-13-22(11-12-29-15)20(25)14-30-21(26)19-5-3-4-10-23(19)31(27,28)18-8-6-17(7-9-18)16(2)24/h6-9,15,19H,3-5,10-14H2,1-2H3. The first-order chi connectivity index (χ1) is 14.7. The van der Waals surface area contributed by atoms with Crippen molar-refractivity contribution in [1.82, 2.24) is 9.21 Å². The SMILES string of the molecule is CC(=O)c1ccc(S(=O)(=O)N2CCCCC2C(=O)OCC(=O)N2CCOC(C)C2)cc1. The molecule has 2 unspecified atom stereocenters. The van der Waals surface area contributed by atoms with E-state index in [1.807, 2.05) is 6.92 Å². The Hall–Kier alpha value is -2.30. The number of ether oxygens (including phenoxy) is 2. The summed E-state index contributed by atoms with van der Waals surface area (Å²) in [7, 11) is -3.96. The second-order valence-corrected chi connectivity index (χ2v) is 9.73. The lowest BCUT2D eigenvalue weighted by molar-refractivity contribution is -0.158. The van der Waals surface area contributed by atoms with Crippen LogP contribution in [0.4, 0.5) is 0 Å². The van der Waals surface area contributed by atoms with Gasteiger partial charge in [0.1, 0.15) is 6.04 Å². The summed E-state index contributed by atoms with van der Waals surface area (Å²) in [5, 5.41) is 0. The third-order valence-corrected chi connectivity index (χ3v) is 7.45. The third kappa shape index (κ3) is 5.50. The molecule has 0 aliphatic carbocycles. The number of amides is 1. The molecule has 0 saturated carbocycles. The van der Waals surface area contributed by atoms with Crippen LogP contribution in [0.2, 0.25) is 0 Å². The molecule has 0 radical (unpaired) electrons. The number of carbonyl (C=O) groups excluding carboxylic acids is 3. The number of hydrogen-bond donors (Lipinski definition) is 0. The van der Waals surface area contributed by atoms with Crippen LogP contribution in [0.25, 0.3) is 0 Å². The van der Waals surface area contributed by atoms with Crippen LogP contribution < -0.4 is 0 Å². The quantitative estimate of drug-likeness (QED) is 0.471. The number of rotatable bonds is 6. The van der Waals surface area contributed by atoms with Gasteiger partial charge in [0.25, 0.3) is 5.91 Å².